The monoisotopic (exact) mass is 319 g/mol. The Morgan fingerprint density at radius 3 is 2.57 bits per heavy atom. The summed E-state index contributed by atoms with van der Waals surface area (Å²) in [6.45, 7) is 5.45. The van der Waals surface area contributed by atoms with Crippen molar-refractivity contribution in [3.05, 3.63) is 23.9 Å². The molecule has 8 heteroatoms. The number of aromatic amines is 1. The number of rotatable bonds is 6. The largest absolute Gasteiger partial charge is 0.490 e. The van der Waals surface area contributed by atoms with Gasteiger partial charge in [-0.1, -0.05) is 0 Å². The van der Waals surface area contributed by atoms with Crippen molar-refractivity contribution in [1.82, 2.24) is 15.4 Å². The highest BCUT2D eigenvalue weighted by atomic mass is 16.6. The van der Waals surface area contributed by atoms with E-state index in [0.717, 1.165) is 0 Å². The maximum Gasteiger partial charge on any atom is 0.361 e. The number of carbonyl (C=O) groups is 2. The molecule has 0 bridgehead atoms. The second-order valence-corrected chi connectivity index (χ2v) is 4.43. The second-order valence-electron chi connectivity index (χ2n) is 4.43. The number of H-pyrrole nitrogens is 1. The van der Waals surface area contributed by atoms with Crippen LogP contribution < -0.4 is 9.47 Å². The average Bonchev–Trinajstić information content (AvgIpc) is 2.98. The number of ether oxygens (including phenoxy) is 3. The van der Waals surface area contributed by atoms with E-state index in [0.29, 0.717) is 29.4 Å². The molecule has 0 amide bonds. The summed E-state index contributed by atoms with van der Waals surface area (Å²) < 4.78 is 15.5. The Bertz CT molecular complexity index is 711. The van der Waals surface area contributed by atoms with Crippen LogP contribution in [0, 0.1) is 0 Å². The summed E-state index contributed by atoms with van der Waals surface area (Å²) in [5, 5.41) is 10.2. The summed E-state index contributed by atoms with van der Waals surface area (Å²) >= 11 is 0. The molecular formula is C15H17N3O5. The third kappa shape index (κ3) is 3.85. The zero-order valence-corrected chi connectivity index (χ0v) is 13.1. The minimum Gasteiger partial charge on any atom is -0.490 e. The van der Waals surface area contributed by atoms with Crippen molar-refractivity contribution in [2.24, 2.45) is 0 Å². The van der Waals surface area contributed by atoms with Crippen LogP contribution in [0.5, 0.6) is 11.5 Å². The van der Waals surface area contributed by atoms with E-state index in [1.807, 2.05) is 6.92 Å². The van der Waals surface area contributed by atoms with Gasteiger partial charge in [-0.25, -0.2) is 4.79 Å². The number of aromatic nitrogens is 3. The highest BCUT2D eigenvalue weighted by Crippen LogP contribution is 2.33. The van der Waals surface area contributed by atoms with Gasteiger partial charge < -0.3 is 14.2 Å². The van der Waals surface area contributed by atoms with Crippen molar-refractivity contribution in [3.63, 3.8) is 0 Å². The van der Waals surface area contributed by atoms with Crippen LogP contribution in [0.3, 0.4) is 0 Å². The Morgan fingerprint density at radius 2 is 1.91 bits per heavy atom. The standard InChI is InChI=1S/C15H17N3O5/c1-4-21-12-8-10(6-7-11(12)23-9(3)19)13-14(17-18-16-13)15(20)22-5-2/h6-8H,4-5H2,1-3H3,(H,16,17,18). The van der Waals surface area contributed by atoms with Gasteiger partial charge in [0.05, 0.1) is 13.2 Å². The number of nitrogens with one attached hydrogen (secondary N) is 1. The molecule has 1 N–H and O–H groups in total. The first-order valence-corrected chi connectivity index (χ1v) is 7.10. The fourth-order valence-corrected chi connectivity index (χ4v) is 1.94. The fraction of sp³-hybridized carbons (Fsp3) is 0.333. The molecule has 0 unspecified atom stereocenters. The van der Waals surface area contributed by atoms with Crippen molar-refractivity contribution >= 4 is 11.9 Å². The predicted octanol–water partition coefficient (Wildman–Crippen LogP) is 1.97. The third-order valence-electron chi connectivity index (χ3n) is 2.79. The van der Waals surface area contributed by atoms with Gasteiger partial charge in [-0.2, -0.15) is 10.3 Å². The summed E-state index contributed by atoms with van der Waals surface area (Å²) in [6.07, 6.45) is 0. The minimum absolute atomic E-state index is 0.0783. The van der Waals surface area contributed by atoms with Gasteiger partial charge in [0.1, 0.15) is 5.69 Å². The average molecular weight is 319 g/mol. The zero-order valence-electron chi connectivity index (χ0n) is 13.1. The van der Waals surface area contributed by atoms with Crippen LogP contribution in [0.15, 0.2) is 18.2 Å². The van der Waals surface area contributed by atoms with Crippen molar-refractivity contribution < 1.29 is 23.8 Å². The highest BCUT2D eigenvalue weighted by molar-refractivity contribution is 5.94. The number of hydrogen-bond donors (Lipinski definition) is 1. The van der Waals surface area contributed by atoms with Gasteiger partial charge in [0.2, 0.25) is 0 Å². The first-order chi connectivity index (χ1) is 11.1. The number of esters is 2. The molecule has 0 atom stereocenters. The highest BCUT2D eigenvalue weighted by Gasteiger charge is 2.20. The first kappa shape index (κ1) is 16.5. The zero-order chi connectivity index (χ0) is 16.8. The molecule has 0 saturated carbocycles. The van der Waals surface area contributed by atoms with Crippen LogP contribution in [0.1, 0.15) is 31.3 Å². The van der Waals surface area contributed by atoms with E-state index in [9.17, 15) is 9.59 Å². The van der Waals surface area contributed by atoms with E-state index < -0.39 is 11.9 Å². The Labute approximate surface area is 132 Å². The lowest BCUT2D eigenvalue weighted by atomic mass is 10.1. The van der Waals surface area contributed by atoms with Crippen LogP contribution in [-0.4, -0.2) is 40.6 Å². The van der Waals surface area contributed by atoms with E-state index in [2.05, 4.69) is 15.4 Å². The van der Waals surface area contributed by atoms with Gasteiger partial charge in [0.15, 0.2) is 17.2 Å². The molecule has 23 heavy (non-hydrogen) atoms. The van der Waals surface area contributed by atoms with E-state index in [1.165, 1.54) is 6.92 Å². The molecular weight excluding hydrogens is 302 g/mol. The van der Waals surface area contributed by atoms with Gasteiger partial charge >= 0.3 is 11.9 Å². The molecule has 0 aliphatic carbocycles. The van der Waals surface area contributed by atoms with E-state index >= 15 is 0 Å². The molecule has 0 aliphatic rings. The van der Waals surface area contributed by atoms with Crippen LogP contribution in [-0.2, 0) is 9.53 Å². The van der Waals surface area contributed by atoms with Crippen molar-refractivity contribution in [3.8, 4) is 22.8 Å². The van der Waals surface area contributed by atoms with Gasteiger partial charge in [-0.3, -0.25) is 4.79 Å². The topological polar surface area (TPSA) is 103 Å². The summed E-state index contributed by atoms with van der Waals surface area (Å²) in [5.74, 6) is -0.354. The summed E-state index contributed by atoms with van der Waals surface area (Å²) in [6, 6.07) is 4.86. The smallest absolute Gasteiger partial charge is 0.361 e. The van der Waals surface area contributed by atoms with Crippen molar-refractivity contribution in [1.29, 1.82) is 0 Å². The Hall–Kier alpha value is -2.90. The lowest BCUT2D eigenvalue weighted by Gasteiger charge is -2.11. The van der Waals surface area contributed by atoms with Crippen LogP contribution in [0.2, 0.25) is 0 Å². The van der Waals surface area contributed by atoms with Crippen molar-refractivity contribution in [2.75, 3.05) is 13.2 Å². The SMILES string of the molecule is CCOC(=O)c1n[nH]nc1-c1ccc(OC(C)=O)c(OCC)c1. The quantitative estimate of drug-likeness (QED) is 0.641. The molecule has 1 heterocycles. The summed E-state index contributed by atoms with van der Waals surface area (Å²) in [5.41, 5.74) is 0.995. The molecule has 122 valence electrons. The molecule has 2 rings (SSSR count). The first-order valence-electron chi connectivity index (χ1n) is 7.10. The van der Waals surface area contributed by atoms with Crippen LogP contribution in [0.25, 0.3) is 11.3 Å². The third-order valence-corrected chi connectivity index (χ3v) is 2.79. The summed E-state index contributed by atoms with van der Waals surface area (Å²) in [7, 11) is 0. The van der Waals surface area contributed by atoms with E-state index in [4.69, 9.17) is 14.2 Å². The number of carbonyl (C=O) groups excluding carboxylic acids is 2. The van der Waals surface area contributed by atoms with Crippen LogP contribution in [0.4, 0.5) is 0 Å². The van der Waals surface area contributed by atoms with Gasteiger partial charge in [-0.15, -0.1) is 5.10 Å². The second kappa shape index (κ2) is 7.39. The van der Waals surface area contributed by atoms with Crippen LogP contribution >= 0.6 is 0 Å². The number of hydrogen-bond acceptors (Lipinski definition) is 7. The Morgan fingerprint density at radius 1 is 1.13 bits per heavy atom. The molecule has 2 aromatic rings. The molecule has 0 radical (unpaired) electrons. The van der Waals surface area contributed by atoms with E-state index in [1.54, 1.807) is 25.1 Å². The Balaban J connectivity index is 2.41. The molecule has 8 nitrogen and oxygen atoms in total. The molecule has 1 aromatic carbocycles. The van der Waals surface area contributed by atoms with Gasteiger partial charge in [-0.05, 0) is 32.0 Å². The molecule has 1 aromatic heterocycles. The Kier molecular flexibility index (Phi) is 5.29. The number of nitrogens with zero attached hydrogens (tertiary/aromatic N) is 2. The molecule has 0 spiro atoms. The van der Waals surface area contributed by atoms with Gasteiger partial charge in [0, 0.05) is 12.5 Å². The maximum atomic E-state index is 11.9. The molecule has 0 fully saturated rings. The summed E-state index contributed by atoms with van der Waals surface area (Å²) in [4.78, 5) is 23.0. The molecule has 0 saturated heterocycles. The number of benzene rings is 1. The van der Waals surface area contributed by atoms with E-state index in [-0.39, 0.29) is 12.3 Å². The molecule has 0 aliphatic heterocycles. The van der Waals surface area contributed by atoms with Gasteiger partial charge in [0.25, 0.3) is 0 Å². The maximum absolute atomic E-state index is 11.9. The predicted molar refractivity (Wildman–Crippen MR) is 80.3 cm³/mol. The minimum atomic E-state index is -0.571. The lowest BCUT2D eigenvalue weighted by molar-refractivity contribution is -0.132. The lowest BCUT2D eigenvalue weighted by Crippen LogP contribution is -2.07. The fourth-order valence-electron chi connectivity index (χ4n) is 1.94. The van der Waals surface area contributed by atoms with Crippen molar-refractivity contribution in [2.45, 2.75) is 20.8 Å². The normalized spacial score (nSPS) is 10.2.